The summed E-state index contributed by atoms with van der Waals surface area (Å²) in [6, 6.07) is 0. The smallest absolute Gasteiger partial charge is 0.253 e. The molecule has 1 aliphatic heterocycles. The second kappa shape index (κ2) is 19.5. The van der Waals surface area contributed by atoms with E-state index in [-0.39, 0.29) is 34.2 Å². The topological polar surface area (TPSA) is 123 Å². The van der Waals surface area contributed by atoms with Crippen molar-refractivity contribution in [3.8, 4) is 0 Å². The standard InChI is InChI=1S/C5H5NO2.C4H5BrO.C4H5ClO.C4H6O.C3H6O2S/c1-6-4(7)2-3-5(6)8;2*1-3(5)4(2)6;1-3-4(2)5;1-3-6(2,4)5/h2-3H,1H3;2*1H2,2H3;3H,1H2,2H3;3H,1H2,2H3. The van der Waals surface area contributed by atoms with E-state index in [2.05, 4.69) is 42.2 Å². The number of amides is 2. The van der Waals surface area contributed by atoms with E-state index >= 15 is 0 Å². The molecule has 0 saturated heterocycles. The molecule has 0 aliphatic carbocycles. The largest absolute Gasteiger partial charge is 0.295 e. The lowest BCUT2D eigenvalue weighted by molar-refractivity contribution is -0.135. The normalized spacial score (nSPS) is 10.9. The van der Waals surface area contributed by atoms with Gasteiger partial charge in [-0.05, 0) is 35.9 Å². The van der Waals surface area contributed by atoms with Gasteiger partial charge in [0.05, 0.1) is 9.51 Å². The first-order chi connectivity index (χ1) is 13.8. The molecule has 0 radical (unpaired) electrons. The molecule has 0 atom stereocenters. The van der Waals surface area contributed by atoms with Crippen molar-refractivity contribution in [1.82, 2.24) is 4.90 Å². The third-order valence-electron chi connectivity index (χ3n) is 2.38. The predicted octanol–water partition coefficient (Wildman–Crippen LogP) is 3.29. The second-order valence-electron chi connectivity index (χ2n) is 5.30. The van der Waals surface area contributed by atoms with Crippen LogP contribution in [-0.4, -0.2) is 55.8 Å². The second-order valence-corrected chi connectivity index (χ2v) is 8.71. The van der Waals surface area contributed by atoms with Gasteiger partial charge in [-0.1, -0.05) is 37.9 Å². The van der Waals surface area contributed by atoms with Crippen LogP contribution in [-0.2, 0) is 33.8 Å². The molecule has 0 aromatic rings. The van der Waals surface area contributed by atoms with Crippen molar-refractivity contribution >= 4 is 66.5 Å². The Morgan fingerprint density at radius 2 is 1.23 bits per heavy atom. The van der Waals surface area contributed by atoms with E-state index in [4.69, 9.17) is 11.6 Å². The first-order valence-corrected chi connectivity index (χ1v) is 11.1. The van der Waals surface area contributed by atoms with Crippen LogP contribution in [0.4, 0.5) is 0 Å². The van der Waals surface area contributed by atoms with Gasteiger partial charge in [-0.25, -0.2) is 8.42 Å². The van der Waals surface area contributed by atoms with Gasteiger partial charge in [-0.15, -0.1) is 0 Å². The van der Waals surface area contributed by atoms with Crippen LogP contribution in [0.5, 0.6) is 0 Å². The molecule has 0 fully saturated rings. The molecule has 1 heterocycles. The fourth-order valence-electron chi connectivity index (χ4n) is 0.475. The summed E-state index contributed by atoms with van der Waals surface area (Å²) in [5, 5.41) is 1.00. The lowest BCUT2D eigenvalue weighted by Gasteiger charge is -2.01. The average Bonchev–Trinajstić information content (AvgIpc) is 2.94. The Balaban J connectivity index is -0.000000149. The van der Waals surface area contributed by atoms with Crippen LogP contribution in [0.25, 0.3) is 0 Å². The summed E-state index contributed by atoms with van der Waals surface area (Å²) in [5.74, 6) is -0.651. The number of imide groups is 1. The molecule has 1 rings (SSSR count). The third-order valence-corrected chi connectivity index (χ3v) is 3.81. The maximum absolute atomic E-state index is 10.4. The van der Waals surface area contributed by atoms with Gasteiger partial charge in [-0.3, -0.25) is 28.9 Å². The van der Waals surface area contributed by atoms with Gasteiger partial charge in [0.2, 0.25) is 0 Å². The number of halogens is 2. The zero-order valence-corrected chi connectivity index (χ0v) is 21.3. The SMILES string of the molecule is C=C(Br)C(C)=O.C=C(Cl)C(C)=O.C=CC(C)=O.C=CS(C)(=O)=O.CN1C(=O)C=CC1=O. The molecule has 0 aromatic heterocycles. The fourth-order valence-corrected chi connectivity index (χ4v) is 0.475. The summed E-state index contributed by atoms with van der Waals surface area (Å²) in [6.45, 7) is 17.0. The summed E-state index contributed by atoms with van der Waals surface area (Å²) in [4.78, 5) is 51.5. The number of allylic oxidation sites excluding steroid dienone is 3. The molecule has 174 valence electrons. The van der Waals surface area contributed by atoms with Crippen LogP contribution in [0.15, 0.2) is 59.5 Å². The van der Waals surface area contributed by atoms with Crippen LogP contribution >= 0.6 is 27.5 Å². The number of Topliss-reactive ketones (excluding diaryl/α,β-unsaturated/α-hetero) is 2. The number of nitrogens with zero attached hydrogens (tertiary/aromatic N) is 1. The lowest BCUT2D eigenvalue weighted by atomic mass is 10.4. The maximum atomic E-state index is 10.4. The number of likely N-dealkylation sites (N-methyl/N-ethyl adjacent to an activating group) is 1. The van der Waals surface area contributed by atoms with Gasteiger partial charge in [0, 0.05) is 37.8 Å². The van der Waals surface area contributed by atoms with Crippen LogP contribution in [0.1, 0.15) is 20.8 Å². The fraction of sp³-hybridized carbons (Fsp3) is 0.250. The summed E-state index contributed by atoms with van der Waals surface area (Å²) >= 11 is 7.96. The van der Waals surface area contributed by atoms with Crippen molar-refractivity contribution in [2.45, 2.75) is 20.8 Å². The highest BCUT2D eigenvalue weighted by atomic mass is 79.9. The molecule has 1 aliphatic rings. The van der Waals surface area contributed by atoms with Crippen molar-refractivity contribution < 1.29 is 32.4 Å². The van der Waals surface area contributed by atoms with Crippen molar-refractivity contribution in [2.75, 3.05) is 13.3 Å². The zero-order valence-electron chi connectivity index (χ0n) is 18.1. The van der Waals surface area contributed by atoms with Crippen LogP contribution in [0.3, 0.4) is 0 Å². The Labute approximate surface area is 197 Å². The highest BCUT2D eigenvalue weighted by Crippen LogP contribution is 1.99. The van der Waals surface area contributed by atoms with Gasteiger partial charge in [0.25, 0.3) is 11.8 Å². The van der Waals surface area contributed by atoms with Gasteiger partial charge in [0.1, 0.15) is 0 Å². The van der Waals surface area contributed by atoms with Crippen molar-refractivity contribution in [1.29, 1.82) is 0 Å². The van der Waals surface area contributed by atoms with Crippen LogP contribution in [0.2, 0.25) is 0 Å². The molecule has 0 unspecified atom stereocenters. The number of hydrogen-bond donors (Lipinski definition) is 0. The number of carbonyl (C=O) groups is 5. The minimum absolute atomic E-state index is 0.0185. The van der Waals surface area contributed by atoms with Crippen molar-refractivity contribution in [2.24, 2.45) is 0 Å². The molecule has 0 spiro atoms. The summed E-state index contributed by atoms with van der Waals surface area (Å²) < 4.78 is 20.2. The van der Waals surface area contributed by atoms with Crippen LogP contribution in [0, 0.1) is 0 Å². The maximum Gasteiger partial charge on any atom is 0.253 e. The Kier molecular flexibility index (Phi) is 22.7. The number of rotatable bonds is 4. The van der Waals surface area contributed by atoms with Crippen LogP contribution < -0.4 is 0 Å². The Hall–Kier alpha value is -2.43. The first kappa shape index (κ1) is 36.0. The van der Waals surface area contributed by atoms with Gasteiger partial charge in [0.15, 0.2) is 27.2 Å². The monoisotopic (exact) mass is 539 g/mol. The summed E-state index contributed by atoms with van der Waals surface area (Å²) in [7, 11) is -1.45. The Bertz CT molecular complexity index is 781. The minimum Gasteiger partial charge on any atom is -0.295 e. The molecule has 0 saturated carbocycles. The molecular weight excluding hydrogens is 514 g/mol. The third kappa shape index (κ3) is 32.4. The van der Waals surface area contributed by atoms with Gasteiger partial charge in [-0.2, -0.15) is 0 Å². The van der Waals surface area contributed by atoms with Crippen molar-refractivity contribution in [3.05, 3.63) is 59.5 Å². The molecule has 8 nitrogen and oxygen atoms in total. The summed E-state index contributed by atoms with van der Waals surface area (Å²) in [5.41, 5.74) is 0. The van der Waals surface area contributed by atoms with E-state index in [1.807, 2.05) is 0 Å². The van der Waals surface area contributed by atoms with E-state index < -0.39 is 9.84 Å². The molecule has 0 bridgehead atoms. The Morgan fingerprint density at radius 1 is 1.00 bits per heavy atom. The zero-order chi connectivity index (χ0) is 25.9. The highest BCUT2D eigenvalue weighted by Gasteiger charge is 2.17. The molecule has 0 N–H and O–H groups in total. The molecule has 2 amide bonds. The number of hydrogen-bond acceptors (Lipinski definition) is 7. The molecule has 11 heteroatoms. The number of carbonyl (C=O) groups excluding carboxylic acids is 5. The van der Waals surface area contributed by atoms with E-state index in [9.17, 15) is 32.4 Å². The average molecular weight is 541 g/mol. The first-order valence-electron chi connectivity index (χ1n) is 7.99. The predicted molar refractivity (Wildman–Crippen MR) is 127 cm³/mol. The molecular formula is C20H27BrClNO7S. The van der Waals surface area contributed by atoms with E-state index in [0.717, 1.165) is 16.6 Å². The lowest BCUT2D eigenvalue weighted by Crippen LogP contribution is -2.24. The van der Waals surface area contributed by atoms with E-state index in [0.29, 0.717) is 4.48 Å². The molecule has 0 aromatic carbocycles. The minimum atomic E-state index is -2.90. The number of ketones is 3. The van der Waals surface area contributed by atoms with Gasteiger partial charge < -0.3 is 0 Å². The summed E-state index contributed by atoms with van der Waals surface area (Å²) in [6.07, 6.45) is 4.88. The highest BCUT2D eigenvalue weighted by molar-refractivity contribution is 9.12. The van der Waals surface area contributed by atoms with E-state index in [1.54, 1.807) is 0 Å². The van der Waals surface area contributed by atoms with E-state index in [1.165, 1.54) is 46.0 Å². The van der Waals surface area contributed by atoms with Crippen molar-refractivity contribution in [3.63, 3.8) is 0 Å². The number of sulfone groups is 1. The van der Waals surface area contributed by atoms with Gasteiger partial charge >= 0.3 is 0 Å². The molecule has 31 heavy (non-hydrogen) atoms. The quantitative estimate of drug-likeness (QED) is 0.396. The Morgan fingerprint density at radius 3 is 1.26 bits per heavy atom.